The first-order valence-electron chi connectivity index (χ1n) is 8.39. The largest absolute Gasteiger partial charge is 0.481 e. The number of nitrogens with two attached hydrogens (primary N) is 1. The maximum atomic E-state index is 11.1. The summed E-state index contributed by atoms with van der Waals surface area (Å²) in [4.78, 5) is 24.5. The van der Waals surface area contributed by atoms with Crippen molar-refractivity contribution in [2.75, 3.05) is 38.2 Å². The second-order valence-corrected chi connectivity index (χ2v) is 6.08. The minimum atomic E-state index is -0.393. The van der Waals surface area contributed by atoms with Gasteiger partial charge >= 0.3 is 0 Å². The Kier molecular flexibility index (Phi) is 5.45. The van der Waals surface area contributed by atoms with Crippen LogP contribution in [-0.2, 0) is 6.54 Å². The van der Waals surface area contributed by atoms with Crippen LogP contribution in [0.1, 0.15) is 22.3 Å². The Morgan fingerprint density at radius 1 is 1.16 bits per heavy atom. The average molecular weight is 341 g/mol. The minimum Gasteiger partial charge on any atom is -0.481 e. The molecular weight excluding hydrogens is 318 g/mol. The molecule has 2 N–H and O–H groups in total. The van der Waals surface area contributed by atoms with Crippen LogP contribution < -0.4 is 15.4 Å². The van der Waals surface area contributed by atoms with E-state index in [4.69, 9.17) is 10.5 Å². The zero-order valence-corrected chi connectivity index (χ0v) is 14.4. The smallest absolute Gasteiger partial charge is 0.248 e. The highest BCUT2D eigenvalue weighted by Gasteiger charge is 2.17. The van der Waals surface area contributed by atoms with E-state index in [1.165, 1.54) is 5.56 Å². The normalized spacial score (nSPS) is 15.6. The number of benzene rings is 1. The number of nitrogens with zero attached hydrogens (tertiary/aromatic N) is 4. The lowest BCUT2D eigenvalue weighted by Gasteiger charge is -2.22. The van der Waals surface area contributed by atoms with Crippen LogP contribution in [0.4, 0.5) is 5.95 Å². The fourth-order valence-corrected chi connectivity index (χ4v) is 2.96. The third-order valence-electron chi connectivity index (χ3n) is 4.34. The summed E-state index contributed by atoms with van der Waals surface area (Å²) < 4.78 is 5.18. The predicted octanol–water partition coefficient (Wildman–Crippen LogP) is 1.30. The number of anilines is 1. The molecule has 0 bridgehead atoms. The molecule has 0 spiro atoms. The van der Waals surface area contributed by atoms with E-state index >= 15 is 0 Å². The Hall–Kier alpha value is -2.67. The Morgan fingerprint density at radius 2 is 1.96 bits per heavy atom. The Morgan fingerprint density at radius 3 is 2.68 bits per heavy atom. The van der Waals surface area contributed by atoms with E-state index < -0.39 is 5.91 Å². The van der Waals surface area contributed by atoms with Gasteiger partial charge in [0.15, 0.2) is 0 Å². The maximum Gasteiger partial charge on any atom is 0.248 e. The number of carbonyl (C=O) groups is 1. The quantitative estimate of drug-likeness (QED) is 0.882. The molecule has 2 heterocycles. The SMILES string of the molecule is COc1ccnc(N2CCCN(Cc3ccc(C(N)=O)cc3)CC2)n1. The molecule has 0 aliphatic carbocycles. The fourth-order valence-electron chi connectivity index (χ4n) is 2.96. The van der Waals surface area contributed by atoms with E-state index in [1.54, 1.807) is 31.5 Å². The zero-order chi connectivity index (χ0) is 17.6. The molecule has 1 fully saturated rings. The highest BCUT2D eigenvalue weighted by Crippen LogP contribution is 2.16. The molecule has 0 saturated carbocycles. The maximum absolute atomic E-state index is 11.1. The Labute approximate surface area is 147 Å². The average Bonchev–Trinajstić information content (AvgIpc) is 2.88. The molecule has 2 aromatic rings. The highest BCUT2D eigenvalue weighted by atomic mass is 16.5. The first kappa shape index (κ1) is 17.2. The van der Waals surface area contributed by atoms with Crippen LogP contribution in [0.15, 0.2) is 36.5 Å². The van der Waals surface area contributed by atoms with Gasteiger partial charge in [0, 0.05) is 50.6 Å². The van der Waals surface area contributed by atoms with Crippen LogP contribution in [0.3, 0.4) is 0 Å². The number of hydrogen-bond donors (Lipinski definition) is 1. The summed E-state index contributed by atoms with van der Waals surface area (Å²) in [6.07, 6.45) is 2.77. The van der Waals surface area contributed by atoms with E-state index in [1.807, 2.05) is 12.1 Å². The summed E-state index contributed by atoms with van der Waals surface area (Å²) in [7, 11) is 1.61. The number of amides is 1. The molecule has 1 aliphatic rings. The fraction of sp³-hybridized carbons (Fsp3) is 0.389. The Balaban J connectivity index is 1.60. The van der Waals surface area contributed by atoms with Crippen molar-refractivity contribution >= 4 is 11.9 Å². The second kappa shape index (κ2) is 7.94. The van der Waals surface area contributed by atoms with Gasteiger partial charge in [-0.2, -0.15) is 4.98 Å². The minimum absolute atomic E-state index is 0.393. The van der Waals surface area contributed by atoms with Gasteiger partial charge in [0.2, 0.25) is 17.7 Å². The molecule has 7 heteroatoms. The molecule has 0 atom stereocenters. The first-order valence-corrected chi connectivity index (χ1v) is 8.39. The van der Waals surface area contributed by atoms with Crippen molar-refractivity contribution in [2.24, 2.45) is 5.73 Å². The van der Waals surface area contributed by atoms with Gasteiger partial charge in [0.05, 0.1) is 7.11 Å². The van der Waals surface area contributed by atoms with Gasteiger partial charge in [-0.25, -0.2) is 4.98 Å². The van der Waals surface area contributed by atoms with Crippen molar-refractivity contribution in [2.45, 2.75) is 13.0 Å². The zero-order valence-electron chi connectivity index (χ0n) is 14.4. The molecule has 1 saturated heterocycles. The monoisotopic (exact) mass is 341 g/mol. The van der Waals surface area contributed by atoms with Crippen LogP contribution in [0, 0.1) is 0 Å². The third-order valence-corrected chi connectivity index (χ3v) is 4.34. The van der Waals surface area contributed by atoms with Gasteiger partial charge in [-0.05, 0) is 24.1 Å². The van der Waals surface area contributed by atoms with Crippen molar-refractivity contribution in [1.29, 1.82) is 0 Å². The van der Waals surface area contributed by atoms with Gasteiger partial charge in [-0.15, -0.1) is 0 Å². The topological polar surface area (TPSA) is 84.6 Å². The molecule has 0 unspecified atom stereocenters. The van der Waals surface area contributed by atoms with Gasteiger partial charge in [-0.1, -0.05) is 12.1 Å². The van der Waals surface area contributed by atoms with Crippen LogP contribution in [0.25, 0.3) is 0 Å². The van der Waals surface area contributed by atoms with Crippen molar-refractivity contribution in [1.82, 2.24) is 14.9 Å². The molecule has 7 nitrogen and oxygen atoms in total. The van der Waals surface area contributed by atoms with Gasteiger partial charge in [0.25, 0.3) is 0 Å². The van der Waals surface area contributed by atoms with Gasteiger partial charge in [0.1, 0.15) is 0 Å². The van der Waals surface area contributed by atoms with E-state index in [9.17, 15) is 4.79 Å². The molecule has 0 radical (unpaired) electrons. The molecule has 1 aromatic heterocycles. The molecule has 3 rings (SSSR count). The van der Waals surface area contributed by atoms with Crippen molar-refractivity contribution in [3.05, 3.63) is 47.7 Å². The number of carbonyl (C=O) groups excluding carboxylic acids is 1. The van der Waals surface area contributed by atoms with Crippen molar-refractivity contribution in [3.8, 4) is 5.88 Å². The number of aromatic nitrogens is 2. The van der Waals surface area contributed by atoms with E-state index in [0.29, 0.717) is 17.4 Å². The molecule has 1 aliphatic heterocycles. The van der Waals surface area contributed by atoms with Crippen LogP contribution in [0.2, 0.25) is 0 Å². The summed E-state index contributed by atoms with van der Waals surface area (Å²) in [6.45, 7) is 4.58. The van der Waals surface area contributed by atoms with Crippen LogP contribution in [-0.4, -0.2) is 54.1 Å². The van der Waals surface area contributed by atoms with E-state index in [-0.39, 0.29) is 0 Å². The molecule has 132 valence electrons. The first-order chi connectivity index (χ1) is 12.2. The van der Waals surface area contributed by atoms with Gasteiger partial charge < -0.3 is 15.4 Å². The van der Waals surface area contributed by atoms with E-state index in [0.717, 1.165) is 39.1 Å². The van der Waals surface area contributed by atoms with Crippen LogP contribution >= 0.6 is 0 Å². The predicted molar refractivity (Wildman–Crippen MR) is 95.7 cm³/mol. The molecular formula is C18H23N5O2. The number of primary amides is 1. The van der Waals surface area contributed by atoms with E-state index in [2.05, 4.69) is 19.8 Å². The summed E-state index contributed by atoms with van der Waals surface area (Å²) in [6, 6.07) is 9.25. The molecule has 1 aromatic carbocycles. The summed E-state index contributed by atoms with van der Waals surface area (Å²) in [5.74, 6) is 0.905. The standard InChI is InChI=1S/C18H23N5O2/c1-25-16-7-8-20-18(21-16)23-10-2-9-22(11-12-23)13-14-3-5-15(6-4-14)17(19)24/h3-8H,2,9-13H2,1H3,(H2,19,24). The molecule has 25 heavy (non-hydrogen) atoms. The number of ether oxygens (including phenoxy) is 1. The van der Waals surface area contributed by atoms with Crippen molar-refractivity contribution in [3.63, 3.8) is 0 Å². The van der Waals surface area contributed by atoms with Crippen molar-refractivity contribution < 1.29 is 9.53 Å². The lowest BCUT2D eigenvalue weighted by atomic mass is 10.1. The lowest BCUT2D eigenvalue weighted by Crippen LogP contribution is -2.31. The summed E-state index contributed by atoms with van der Waals surface area (Å²) in [5.41, 5.74) is 7.00. The summed E-state index contributed by atoms with van der Waals surface area (Å²) >= 11 is 0. The van der Waals surface area contributed by atoms with Gasteiger partial charge in [-0.3, -0.25) is 9.69 Å². The number of hydrogen-bond acceptors (Lipinski definition) is 6. The third kappa shape index (κ3) is 4.45. The van der Waals surface area contributed by atoms with Crippen LogP contribution in [0.5, 0.6) is 5.88 Å². The Bertz CT molecular complexity index is 720. The lowest BCUT2D eigenvalue weighted by molar-refractivity contribution is 0.100. The number of rotatable bonds is 5. The second-order valence-electron chi connectivity index (χ2n) is 6.08. The summed E-state index contributed by atoms with van der Waals surface area (Å²) in [5, 5.41) is 0. The highest BCUT2D eigenvalue weighted by molar-refractivity contribution is 5.92. The number of methoxy groups -OCH3 is 1. The molecule has 1 amide bonds.